The van der Waals surface area contributed by atoms with E-state index in [9.17, 15) is 4.79 Å². The lowest BCUT2D eigenvalue weighted by atomic mass is 10.1. The molecule has 5 heteroatoms. The molecule has 4 nitrogen and oxygen atoms in total. The molecule has 84 valence electrons. The van der Waals surface area contributed by atoms with E-state index >= 15 is 0 Å². The van der Waals surface area contributed by atoms with Crippen LogP contribution in [0.1, 0.15) is 12.0 Å². The van der Waals surface area contributed by atoms with Crippen LogP contribution in [0.15, 0.2) is 18.2 Å². The van der Waals surface area contributed by atoms with Crippen LogP contribution < -0.4 is 0 Å². The van der Waals surface area contributed by atoms with Crippen LogP contribution in [-0.4, -0.2) is 20.9 Å². The van der Waals surface area contributed by atoms with Gasteiger partial charge in [0.25, 0.3) is 0 Å². The maximum atomic E-state index is 10.6. The summed E-state index contributed by atoms with van der Waals surface area (Å²) < 4.78 is 1.69. The summed E-state index contributed by atoms with van der Waals surface area (Å²) in [4.78, 5) is 10.6. The van der Waals surface area contributed by atoms with Crippen LogP contribution in [0.4, 0.5) is 0 Å². The van der Waals surface area contributed by atoms with Gasteiger partial charge in [0.05, 0.1) is 5.52 Å². The molecule has 0 saturated carbocycles. The smallest absolute Gasteiger partial charge is 0.303 e. The standard InChI is InChI=1S/C11H11ClN2O2/c1-14-10-7(5-6-9(15)16)3-2-4-8(10)11(12)13-14/h2-4H,5-6H2,1H3,(H,15,16). The maximum absolute atomic E-state index is 10.6. The van der Waals surface area contributed by atoms with Gasteiger partial charge < -0.3 is 5.11 Å². The predicted octanol–water partition coefficient (Wildman–Crippen LogP) is 2.24. The Balaban J connectivity index is 2.48. The molecule has 2 rings (SSSR count). The fourth-order valence-electron chi connectivity index (χ4n) is 1.82. The van der Waals surface area contributed by atoms with Crippen molar-refractivity contribution in [3.8, 4) is 0 Å². The van der Waals surface area contributed by atoms with Gasteiger partial charge in [0, 0.05) is 18.9 Å². The molecule has 2 aromatic rings. The second-order valence-corrected chi connectivity index (χ2v) is 3.98. The minimum absolute atomic E-state index is 0.113. The lowest BCUT2D eigenvalue weighted by Gasteiger charge is -2.02. The van der Waals surface area contributed by atoms with Crippen molar-refractivity contribution in [1.82, 2.24) is 9.78 Å². The third-order valence-electron chi connectivity index (χ3n) is 2.51. The van der Waals surface area contributed by atoms with Crippen LogP contribution >= 0.6 is 11.6 Å². The largest absolute Gasteiger partial charge is 0.481 e. The first-order chi connectivity index (χ1) is 7.59. The number of carbonyl (C=O) groups is 1. The van der Waals surface area contributed by atoms with Crippen molar-refractivity contribution in [3.05, 3.63) is 28.9 Å². The molecule has 0 aliphatic carbocycles. The molecule has 16 heavy (non-hydrogen) atoms. The summed E-state index contributed by atoms with van der Waals surface area (Å²) in [7, 11) is 1.80. The van der Waals surface area contributed by atoms with Crippen molar-refractivity contribution in [3.63, 3.8) is 0 Å². The molecule has 0 fully saturated rings. The van der Waals surface area contributed by atoms with E-state index in [-0.39, 0.29) is 6.42 Å². The average Bonchev–Trinajstić information content (AvgIpc) is 2.52. The minimum atomic E-state index is -0.801. The van der Waals surface area contributed by atoms with E-state index in [1.54, 1.807) is 11.7 Å². The highest BCUT2D eigenvalue weighted by molar-refractivity contribution is 6.34. The maximum Gasteiger partial charge on any atom is 0.303 e. The zero-order valence-corrected chi connectivity index (χ0v) is 9.53. The number of halogens is 1. The normalized spacial score (nSPS) is 10.9. The summed E-state index contributed by atoms with van der Waals surface area (Å²) in [5, 5.41) is 14.1. The fraction of sp³-hybridized carbons (Fsp3) is 0.273. The minimum Gasteiger partial charge on any atom is -0.481 e. The monoisotopic (exact) mass is 238 g/mol. The molecule has 1 heterocycles. The highest BCUT2D eigenvalue weighted by Gasteiger charge is 2.11. The summed E-state index contributed by atoms with van der Waals surface area (Å²) in [5.74, 6) is -0.801. The number of nitrogens with zero attached hydrogens (tertiary/aromatic N) is 2. The van der Waals surface area contributed by atoms with Gasteiger partial charge in [-0.1, -0.05) is 23.7 Å². The molecule has 0 unspecified atom stereocenters. The number of carboxylic acids is 1. The van der Waals surface area contributed by atoms with E-state index in [0.29, 0.717) is 11.6 Å². The Morgan fingerprint density at radius 1 is 1.56 bits per heavy atom. The first kappa shape index (κ1) is 11.0. The number of para-hydroxylation sites is 1. The number of aryl methyl sites for hydroxylation is 2. The van der Waals surface area contributed by atoms with Crippen LogP contribution in [0.5, 0.6) is 0 Å². The Hall–Kier alpha value is -1.55. The Bertz CT molecular complexity index is 548. The summed E-state index contributed by atoms with van der Waals surface area (Å²) in [5.41, 5.74) is 1.87. The molecule has 0 amide bonds. The van der Waals surface area contributed by atoms with E-state index < -0.39 is 5.97 Å². The van der Waals surface area contributed by atoms with Gasteiger partial charge in [-0.25, -0.2) is 0 Å². The molecule has 1 aromatic carbocycles. The molecule has 0 saturated heterocycles. The average molecular weight is 239 g/mol. The SMILES string of the molecule is Cn1nc(Cl)c2cccc(CCC(=O)O)c21. The van der Waals surface area contributed by atoms with Crippen molar-refractivity contribution in [2.45, 2.75) is 12.8 Å². The topological polar surface area (TPSA) is 55.1 Å². The van der Waals surface area contributed by atoms with Crippen LogP contribution in [-0.2, 0) is 18.3 Å². The zero-order chi connectivity index (χ0) is 11.7. The first-order valence-corrected chi connectivity index (χ1v) is 5.29. The Labute approximate surface area is 97.4 Å². The summed E-state index contributed by atoms with van der Waals surface area (Å²) in [6.45, 7) is 0. The van der Waals surface area contributed by atoms with Gasteiger partial charge in [0.15, 0.2) is 5.15 Å². The number of aromatic nitrogens is 2. The first-order valence-electron chi connectivity index (χ1n) is 4.91. The molecular weight excluding hydrogens is 228 g/mol. The van der Waals surface area contributed by atoms with Gasteiger partial charge in [0.2, 0.25) is 0 Å². The number of carboxylic acid groups (broad SMARTS) is 1. The highest BCUT2D eigenvalue weighted by atomic mass is 35.5. The molecule has 0 aliphatic rings. The van der Waals surface area contributed by atoms with Crippen molar-refractivity contribution in [1.29, 1.82) is 0 Å². The second-order valence-electron chi connectivity index (χ2n) is 3.62. The lowest BCUT2D eigenvalue weighted by molar-refractivity contribution is -0.136. The van der Waals surface area contributed by atoms with Crippen molar-refractivity contribution in [2.75, 3.05) is 0 Å². The summed E-state index contributed by atoms with van der Waals surface area (Å²) >= 11 is 5.96. The molecule has 0 atom stereocenters. The molecule has 1 N–H and O–H groups in total. The molecule has 1 aromatic heterocycles. The Kier molecular flexibility index (Phi) is 2.83. The number of hydrogen-bond acceptors (Lipinski definition) is 2. The Morgan fingerprint density at radius 2 is 2.31 bits per heavy atom. The van der Waals surface area contributed by atoms with Gasteiger partial charge >= 0.3 is 5.97 Å². The van der Waals surface area contributed by atoms with E-state index in [0.717, 1.165) is 16.5 Å². The quantitative estimate of drug-likeness (QED) is 0.892. The van der Waals surface area contributed by atoms with E-state index in [2.05, 4.69) is 5.10 Å². The summed E-state index contributed by atoms with van der Waals surface area (Å²) in [6, 6.07) is 5.66. The van der Waals surface area contributed by atoms with Gasteiger partial charge in [-0.2, -0.15) is 5.10 Å². The third-order valence-corrected chi connectivity index (χ3v) is 2.79. The number of hydrogen-bond donors (Lipinski definition) is 1. The van der Waals surface area contributed by atoms with Crippen molar-refractivity contribution in [2.24, 2.45) is 7.05 Å². The van der Waals surface area contributed by atoms with E-state index in [4.69, 9.17) is 16.7 Å². The zero-order valence-electron chi connectivity index (χ0n) is 8.77. The summed E-state index contributed by atoms with van der Waals surface area (Å²) in [6.07, 6.45) is 0.602. The molecule has 0 spiro atoms. The van der Waals surface area contributed by atoms with Gasteiger partial charge in [-0.3, -0.25) is 9.48 Å². The Morgan fingerprint density at radius 3 is 3.00 bits per heavy atom. The highest BCUT2D eigenvalue weighted by Crippen LogP contribution is 2.25. The molecule has 0 radical (unpaired) electrons. The fourth-order valence-corrected chi connectivity index (χ4v) is 2.08. The van der Waals surface area contributed by atoms with Gasteiger partial charge in [-0.15, -0.1) is 0 Å². The van der Waals surface area contributed by atoms with Crippen LogP contribution in [0.3, 0.4) is 0 Å². The van der Waals surface area contributed by atoms with Crippen molar-refractivity contribution < 1.29 is 9.90 Å². The van der Waals surface area contributed by atoms with Crippen LogP contribution in [0, 0.1) is 0 Å². The second kappa shape index (κ2) is 4.14. The van der Waals surface area contributed by atoms with E-state index in [1.165, 1.54) is 0 Å². The predicted molar refractivity (Wildman–Crippen MR) is 61.7 cm³/mol. The molecule has 0 aliphatic heterocycles. The van der Waals surface area contributed by atoms with Gasteiger partial charge in [0.1, 0.15) is 0 Å². The van der Waals surface area contributed by atoms with E-state index in [1.807, 2.05) is 18.2 Å². The number of fused-ring (bicyclic) bond motifs is 1. The third kappa shape index (κ3) is 1.88. The molecular formula is C11H11ClN2O2. The van der Waals surface area contributed by atoms with Gasteiger partial charge in [-0.05, 0) is 18.1 Å². The van der Waals surface area contributed by atoms with Crippen molar-refractivity contribution >= 4 is 28.5 Å². The lowest BCUT2D eigenvalue weighted by Crippen LogP contribution is -2.00. The van der Waals surface area contributed by atoms with Crippen LogP contribution in [0.25, 0.3) is 10.9 Å². The number of aliphatic carboxylic acids is 1. The van der Waals surface area contributed by atoms with Crippen LogP contribution in [0.2, 0.25) is 5.15 Å². The number of rotatable bonds is 3. The number of benzene rings is 1. The molecule has 0 bridgehead atoms.